The molecular formula is C15H23N3OS. The van der Waals surface area contributed by atoms with E-state index in [2.05, 4.69) is 10.3 Å². The second-order valence-electron chi connectivity index (χ2n) is 6.20. The highest BCUT2D eigenvalue weighted by molar-refractivity contribution is 7.09. The molecule has 1 aromatic heterocycles. The molecule has 4 nitrogen and oxygen atoms in total. The van der Waals surface area contributed by atoms with Crippen LogP contribution in [0.4, 0.5) is 0 Å². The van der Waals surface area contributed by atoms with E-state index in [4.69, 9.17) is 5.73 Å². The molecular weight excluding hydrogens is 270 g/mol. The largest absolute Gasteiger partial charge is 0.353 e. The number of nitrogens with one attached hydrogen (secondary N) is 1. The second-order valence-corrected chi connectivity index (χ2v) is 7.18. The van der Waals surface area contributed by atoms with Crippen molar-refractivity contribution in [3.05, 3.63) is 16.6 Å². The van der Waals surface area contributed by atoms with Gasteiger partial charge in [0, 0.05) is 36.5 Å². The zero-order chi connectivity index (χ0) is 13.9. The fourth-order valence-electron chi connectivity index (χ4n) is 3.88. The normalized spacial score (nSPS) is 32.9. The van der Waals surface area contributed by atoms with Gasteiger partial charge in [0.1, 0.15) is 0 Å². The molecule has 0 aliphatic heterocycles. The number of carbonyl (C=O) groups is 1. The lowest BCUT2D eigenvalue weighted by Gasteiger charge is -2.45. The van der Waals surface area contributed by atoms with E-state index in [1.165, 1.54) is 19.3 Å². The number of hydrogen-bond acceptors (Lipinski definition) is 4. The zero-order valence-electron chi connectivity index (χ0n) is 11.8. The summed E-state index contributed by atoms with van der Waals surface area (Å²) in [6.45, 7) is 0. The van der Waals surface area contributed by atoms with Crippen molar-refractivity contribution in [3.8, 4) is 0 Å². The lowest BCUT2D eigenvalue weighted by atomic mass is 9.67. The minimum atomic E-state index is 0.178. The standard InChI is InChI=1S/C15H23N3OS/c16-12-8-10-2-1-3-11(9-12)15(10)18-13(19)4-5-14-17-6-7-20-14/h6-7,10-12,15H,1-5,8-9,16H2,(H,18,19). The number of aryl methyl sites for hydroxylation is 1. The number of carbonyl (C=O) groups excluding carboxylic acids is 1. The molecule has 3 N–H and O–H groups in total. The molecule has 2 saturated carbocycles. The topological polar surface area (TPSA) is 68.0 Å². The van der Waals surface area contributed by atoms with Gasteiger partial charge in [-0.3, -0.25) is 4.79 Å². The smallest absolute Gasteiger partial charge is 0.220 e. The van der Waals surface area contributed by atoms with Crippen LogP contribution in [0.3, 0.4) is 0 Å². The van der Waals surface area contributed by atoms with Crippen molar-refractivity contribution in [1.29, 1.82) is 0 Å². The highest BCUT2D eigenvalue weighted by atomic mass is 32.1. The van der Waals surface area contributed by atoms with Crippen LogP contribution in [0.2, 0.25) is 0 Å². The summed E-state index contributed by atoms with van der Waals surface area (Å²) in [7, 11) is 0. The molecule has 2 bridgehead atoms. The minimum Gasteiger partial charge on any atom is -0.353 e. The molecule has 2 atom stereocenters. The van der Waals surface area contributed by atoms with Crippen molar-refractivity contribution < 1.29 is 4.79 Å². The van der Waals surface area contributed by atoms with Crippen molar-refractivity contribution in [2.24, 2.45) is 17.6 Å². The Balaban J connectivity index is 1.53. The average Bonchev–Trinajstić information content (AvgIpc) is 2.91. The Morgan fingerprint density at radius 2 is 2.15 bits per heavy atom. The van der Waals surface area contributed by atoms with Crippen LogP contribution >= 0.6 is 11.3 Å². The third-order valence-electron chi connectivity index (χ3n) is 4.75. The molecule has 3 rings (SSSR count). The molecule has 1 heterocycles. The summed E-state index contributed by atoms with van der Waals surface area (Å²) >= 11 is 1.62. The fourth-order valence-corrected chi connectivity index (χ4v) is 4.50. The van der Waals surface area contributed by atoms with Gasteiger partial charge in [-0.25, -0.2) is 4.98 Å². The van der Waals surface area contributed by atoms with Crippen molar-refractivity contribution in [3.63, 3.8) is 0 Å². The van der Waals surface area contributed by atoms with Gasteiger partial charge in [0.2, 0.25) is 5.91 Å². The number of amides is 1. The highest BCUT2D eigenvalue weighted by Gasteiger charge is 2.39. The monoisotopic (exact) mass is 293 g/mol. The van der Waals surface area contributed by atoms with E-state index in [1.807, 2.05) is 5.38 Å². The summed E-state index contributed by atoms with van der Waals surface area (Å²) in [6, 6.07) is 0.709. The average molecular weight is 293 g/mol. The Morgan fingerprint density at radius 1 is 1.40 bits per heavy atom. The number of fused-ring (bicyclic) bond motifs is 2. The van der Waals surface area contributed by atoms with Crippen molar-refractivity contribution >= 4 is 17.2 Å². The highest BCUT2D eigenvalue weighted by Crippen LogP contribution is 2.39. The van der Waals surface area contributed by atoms with Gasteiger partial charge in [-0.2, -0.15) is 0 Å². The van der Waals surface area contributed by atoms with Gasteiger partial charge in [-0.1, -0.05) is 6.42 Å². The Labute approximate surface area is 124 Å². The van der Waals surface area contributed by atoms with Gasteiger partial charge < -0.3 is 11.1 Å². The number of nitrogens with two attached hydrogens (primary N) is 1. The van der Waals surface area contributed by atoms with Crippen LogP contribution in [0.1, 0.15) is 43.5 Å². The lowest BCUT2D eigenvalue weighted by Crippen LogP contribution is -2.53. The number of aromatic nitrogens is 1. The molecule has 1 aromatic rings. The zero-order valence-corrected chi connectivity index (χ0v) is 12.6. The van der Waals surface area contributed by atoms with E-state index in [0.29, 0.717) is 30.3 Å². The third kappa shape index (κ3) is 3.20. The number of hydrogen-bond donors (Lipinski definition) is 2. The molecule has 2 aliphatic rings. The van der Waals surface area contributed by atoms with E-state index in [1.54, 1.807) is 17.5 Å². The molecule has 2 fully saturated rings. The van der Waals surface area contributed by atoms with Gasteiger partial charge in [0.15, 0.2) is 0 Å². The van der Waals surface area contributed by atoms with Crippen molar-refractivity contribution in [2.45, 2.75) is 57.0 Å². The SMILES string of the molecule is NC1CC2CCCC(C1)C2NC(=O)CCc1nccs1. The predicted molar refractivity (Wildman–Crippen MR) is 80.4 cm³/mol. The first-order valence-electron chi connectivity index (χ1n) is 7.65. The number of nitrogens with zero attached hydrogens (tertiary/aromatic N) is 1. The summed E-state index contributed by atoms with van der Waals surface area (Å²) in [5.74, 6) is 1.38. The summed E-state index contributed by atoms with van der Waals surface area (Å²) in [5.41, 5.74) is 6.12. The fraction of sp³-hybridized carbons (Fsp3) is 0.733. The maximum absolute atomic E-state index is 12.2. The van der Waals surface area contributed by atoms with Gasteiger partial charge >= 0.3 is 0 Å². The molecule has 0 aromatic carbocycles. The minimum absolute atomic E-state index is 0.178. The van der Waals surface area contributed by atoms with Crippen molar-refractivity contribution in [2.75, 3.05) is 0 Å². The number of thiazole rings is 1. The molecule has 0 saturated heterocycles. The van der Waals surface area contributed by atoms with E-state index in [9.17, 15) is 4.79 Å². The maximum atomic E-state index is 12.2. The summed E-state index contributed by atoms with van der Waals surface area (Å²) in [4.78, 5) is 16.4. The van der Waals surface area contributed by atoms with Crippen LogP contribution in [0.5, 0.6) is 0 Å². The first-order chi connectivity index (χ1) is 9.72. The molecule has 1 amide bonds. The first-order valence-corrected chi connectivity index (χ1v) is 8.53. The number of rotatable bonds is 4. The van der Waals surface area contributed by atoms with Crippen LogP contribution in [-0.4, -0.2) is 23.0 Å². The van der Waals surface area contributed by atoms with Crippen LogP contribution in [-0.2, 0) is 11.2 Å². The van der Waals surface area contributed by atoms with Crippen LogP contribution < -0.4 is 11.1 Å². The maximum Gasteiger partial charge on any atom is 0.220 e. The van der Waals surface area contributed by atoms with Crippen molar-refractivity contribution in [1.82, 2.24) is 10.3 Å². The van der Waals surface area contributed by atoms with Crippen LogP contribution in [0.15, 0.2) is 11.6 Å². The molecule has 110 valence electrons. The third-order valence-corrected chi connectivity index (χ3v) is 5.59. The summed E-state index contributed by atoms with van der Waals surface area (Å²) in [5, 5.41) is 6.29. The quantitative estimate of drug-likeness (QED) is 0.893. The molecule has 5 heteroatoms. The molecule has 2 unspecified atom stereocenters. The van der Waals surface area contributed by atoms with E-state index >= 15 is 0 Å². The molecule has 0 radical (unpaired) electrons. The lowest BCUT2D eigenvalue weighted by molar-refractivity contribution is -0.123. The molecule has 2 aliphatic carbocycles. The molecule has 20 heavy (non-hydrogen) atoms. The Kier molecular flexibility index (Phi) is 4.36. The van der Waals surface area contributed by atoms with Crippen LogP contribution in [0.25, 0.3) is 0 Å². The van der Waals surface area contributed by atoms with E-state index in [0.717, 1.165) is 24.3 Å². The van der Waals surface area contributed by atoms with E-state index in [-0.39, 0.29) is 5.91 Å². The van der Waals surface area contributed by atoms with Crippen LogP contribution in [0, 0.1) is 11.8 Å². The summed E-state index contributed by atoms with van der Waals surface area (Å²) < 4.78 is 0. The molecule has 0 spiro atoms. The second kappa shape index (κ2) is 6.22. The Bertz CT molecular complexity index is 434. The van der Waals surface area contributed by atoms with Gasteiger partial charge in [-0.15, -0.1) is 11.3 Å². The predicted octanol–water partition coefficient (Wildman–Crippen LogP) is 2.10. The van der Waals surface area contributed by atoms with E-state index < -0.39 is 0 Å². The van der Waals surface area contributed by atoms with Gasteiger partial charge in [0.25, 0.3) is 0 Å². The first kappa shape index (κ1) is 14.0. The summed E-state index contributed by atoms with van der Waals surface area (Å²) in [6.07, 6.45) is 9.00. The van der Waals surface area contributed by atoms with Gasteiger partial charge in [-0.05, 0) is 37.5 Å². The Hall–Kier alpha value is -0.940. The Morgan fingerprint density at radius 3 is 2.80 bits per heavy atom. The van der Waals surface area contributed by atoms with Gasteiger partial charge in [0.05, 0.1) is 5.01 Å².